The van der Waals surface area contributed by atoms with Crippen LogP contribution in [0.15, 0.2) is 30.3 Å². The summed E-state index contributed by atoms with van der Waals surface area (Å²) in [5.41, 5.74) is 1.37. The minimum absolute atomic E-state index is 0.0336. The lowest BCUT2D eigenvalue weighted by Gasteiger charge is -2.15. The van der Waals surface area contributed by atoms with Crippen LogP contribution >= 0.6 is 0 Å². The highest BCUT2D eigenvalue weighted by atomic mass is 16.2. The minimum Gasteiger partial charge on any atom is -0.351 e. The molecule has 2 N–H and O–H groups in total. The second-order valence-corrected chi connectivity index (χ2v) is 5.51. The Morgan fingerprint density at radius 2 is 2.12 bits per heavy atom. The van der Waals surface area contributed by atoms with Gasteiger partial charge < -0.3 is 10.6 Å². The van der Waals surface area contributed by atoms with E-state index in [4.69, 9.17) is 0 Å². The van der Waals surface area contributed by atoms with Gasteiger partial charge in [0, 0.05) is 13.1 Å². The van der Waals surface area contributed by atoms with E-state index in [9.17, 15) is 4.79 Å². The van der Waals surface area contributed by atoms with Crippen molar-refractivity contribution in [1.29, 1.82) is 0 Å². The molecular weight excluding hydrogens is 212 g/mol. The predicted octanol–water partition coefficient (Wildman–Crippen LogP) is 1.69. The first-order chi connectivity index (χ1) is 8.07. The largest absolute Gasteiger partial charge is 0.351 e. The van der Waals surface area contributed by atoms with Crippen molar-refractivity contribution in [2.75, 3.05) is 6.54 Å². The maximum Gasteiger partial charge on any atom is 0.237 e. The summed E-state index contributed by atoms with van der Waals surface area (Å²) < 4.78 is 0. The van der Waals surface area contributed by atoms with Crippen molar-refractivity contribution in [3.63, 3.8) is 0 Å². The van der Waals surface area contributed by atoms with Crippen LogP contribution in [0.2, 0.25) is 0 Å². The molecule has 17 heavy (non-hydrogen) atoms. The van der Waals surface area contributed by atoms with Crippen LogP contribution in [0.4, 0.5) is 0 Å². The van der Waals surface area contributed by atoms with Crippen molar-refractivity contribution in [3.8, 4) is 0 Å². The summed E-state index contributed by atoms with van der Waals surface area (Å²) in [6, 6.07) is 9.95. The third-order valence-corrected chi connectivity index (χ3v) is 3.21. The molecule has 0 radical (unpaired) electrons. The zero-order valence-electron chi connectivity index (χ0n) is 10.5. The van der Waals surface area contributed by atoms with Gasteiger partial charge in [-0.25, -0.2) is 0 Å². The highest BCUT2D eigenvalue weighted by Gasteiger charge is 2.34. The lowest BCUT2D eigenvalue weighted by molar-refractivity contribution is -0.123. The van der Waals surface area contributed by atoms with E-state index in [1.807, 2.05) is 30.3 Å². The number of hydrogen-bond donors (Lipinski definition) is 2. The molecule has 1 atom stereocenters. The van der Waals surface area contributed by atoms with E-state index < -0.39 is 0 Å². The van der Waals surface area contributed by atoms with Crippen LogP contribution < -0.4 is 10.6 Å². The summed E-state index contributed by atoms with van der Waals surface area (Å²) in [6.07, 6.45) is 0.910. The minimum atomic E-state index is -0.0336. The Kier molecular flexibility index (Phi) is 3.48. The molecule has 0 spiro atoms. The summed E-state index contributed by atoms with van der Waals surface area (Å²) in [5.74, 6) is 0.111. The molecule has 1 fully saturated rings. The lowest BCUT2D eigenvalue weighted by Crippen LogP contribution is -2.39. The number of carbonyl (C=O) groups is 1. The van der Waals surface area contributed by atoms with E-state index in [0.717, 1.165) is 18.5 Å². The van der Waals surface area contributed by atoms with Gasteiger partial charge in [0.05, 0.1) is 6.04 Å². The molecule has 0 saturated carbocycles. The SMILES string of the molecule is CC1(C)CNC(C(=O)NCc2ccccc2)C1. The van der Waals surface area contributed by atoms with Crippen LogP contribution in [0.5, 0.6) is 0 Å². The molecule has 1 heterocycles. The highest BCUT2D eigenvalue weighted by Crippen LogP contribution is 2.26. The van der Waals surface area contributed by atoms with Gasteiger partial charge in [-0.2, -0.15) is 0 Å². The summed E-state index contributed by atoms with van der Waals surface area (Å²) in [6.45, 7) is 5.89. The smallest absolute Gasteiger partial charge is 0.237 e. The van der Waals surface area contributed by atoms with Crippen molar-refractivity contribution >= 4 is 5.91 Å². The first-order valence-corrected chi connectivity index (χ1v) is 6.12. The molecule has 1 aromatic carbocycles. The fraction of sp³-hybridized carbons (Fsp3) is 0.500. The van der Waals surface area contributed by atoms with Crippen molar-refractivity contribution in [2.24, 2.45) is 5.41 Å². The van der Waals surface area contributed by atoms with Crippen LogP contribution in [-0.2, 0) is 11.3 Å². The summed E-state index contributed by atoms with van der Waals surface area (Å²) >= 11 is 0. The van der Waals surface area contributed by atoms with Gasteiger partial charge in [0.1, 0.15) is 0 Å². The number of amides is 1. The van der Waals surface area contributed by atoms with Gasteiger partial charge in [-0.1, -0.05) is 44.2 Å². The summed E-state index contributed by atoms with van der Waals surface area (Å²) in [7, 11) is 0. The maximum absolute atomic E-state index is 11.9. The van der Waals surface area contributed by atoms with Gasteiger partial charge >= 0.3 is 0 Å². The molecule has 3 nitrogen and oxygen atoms in total. The Morgan fingerprint density at radius 1 is 1.41 bits per heavy atom. The quantitative estimate of drug-likeness (QED) is 0.832. The van der Waals surface area contributed by atoms with Gasteiger partial charge in [0.25, 0.3) is 0 Å². The molecule has 1 aromatic rings. The molecule has 0 bridgehead atoms. The molecule has 0 aromatic heterocycles. The zero-order chi connectivity index (χ0) is 12.3. The fourth-order valence-electron chi connectivity index (χ4n) is 2.19. The molecule has 1 saturated heterocycles. The lowest BCUT2D eigenvalue weighted by atomic mass is 9.90. The Hall–Kier alpha value is -1.35. The number of hydrogen-bond acceptors (Lipinski definition) is 2. The molecule has 1 unspecified atom stereocenters. The molecule has 3 heteroatoms. The number of nitrogens with one attached hydrogen (secondary N) is 2. The van der Waals surface area contributed by atoms with Gasteiger partial charge in [-0.15, -0.1) is 0 Å². The van der Waals surface area contributed by atoms with Gasteiger partial charge in [0.2, 0.25) is 5.91 Å². The first-order valence-electron chi connectivity index (χ1n) is 6.12. The summed E-state index contributed by atoms with van der Waals surface area (Å²) in [5, 5.41) is 6.25. The Morgan fingerprint density at radius 3 is 2.71 bits per heavy atom. The molecule has 0 aliphatic carbocycles. The molecule has 92 valence electrons. The molecular formula is C14H20N2O. The zero-order valence-corrected chi connectivity index (χ0v) is 10.5. The molecule has 1 amide bonds. The average Bonchev–Trinajstić information content (AvgIpc) is 2.68. The van der Waals surface area contributed by atoms with Gasteiger partial charge in [-0.05, 0) is 17.4 Å². The number of carbonyl (C=O) groups excluding carboxylic acids is 1. The Bertz CT molecular complexity index is 386. The van der Waals surface area contributed by atoms with E-state index >= 15 is 0 Å². The van der Waals surface area contributed by atoms with Crippen LogP contribution in [0, 0.1) is 5.41 Å². The van der Waals surface area contributed by atoms with Crippen molar-refractivity contribution in [1.82, 2.24) is 10.6 Å². The fourth-order valence-corrected chi connectivity index (χ4v) is 2.19. The topological polar surface area (TPSA) is 41.1 Å². The first kappa shape index (κ1) is 12.1. The van der Waals surface area contributed by atoms with Gasteiger partial charge in [0.15, 0.2) is 0 Å². The number of rotatable bonds is 3. The van der Waals surface area contributed by atoms with Crippen molar-refractivity contribution in [2.45, 2.75) is 32.9 Å². The molecule has 1 aliphatic heterocycles. The third kappa shape index (κ3) is 3.30. The van der Waals surface area contributed by atoms with Crippen molar-refractivity contribution in [3.05, 3.63) is 35.9 Å². The van der Waals surface area contributed by atoms with Crippen LogP contribution in [0.3, 0.4) is 0 Å². The maximum atomic E-state index is 11.9. The van der Waals surface area contributed by atoms with E-state index in [-0.39, 0.29) is 17.4 Å². The molecule has 2 rings (SSSR count). The third-order valence-electron chi connectivity index (χ3n) is 3.21. The molecule has 1 aliphatic rings. The van der Waals surface area contributed by atoms with Crippen LogP contribution in [-0.4, -0.2) is 18.5 Å². The second kappa shape index (κ2) is 4.88. The van der Waals surface area contributed by atoms with Crippen molar-refractivity contribution < 1.29 is 4.79 Å². The predicted molar refractivity (Wildman–Crippen MR) is 68.5 cm³/mol. The summed E-state index contributed by atoms with van der Waals surface area (Å²) in [4.78, 5) is 11.9. The number of benzene rings is 1. The Balaban J connectivity index is 1.83. The van der Waals surface area contributed by atoms with Crippen LogP contribution in [0.1, 0.15) is 25.8 Å². The normalized spacial score (nSPS) is 22.4. The van der Waals surface area contributed by atoms with E-state index in [1.165, 1.54) is 0 Å². The average molecular weight is 232 g/mol. The van der Waals surface area contributed by atoms with Crippen LogP contribution in [0.25, 0.3) is 0 Å². The Labute approximate surface area is 103 Å². The second-order valence-electron chi connectivity index (χ2n) is 5.51. The van der Waals surface area contributed by atoms with E-state index in [0.29, 0.717) is 6.54 Å². The van der Waals surface area contributed by atoms with E-state index in [1.54, 1.807) is 0 Å². The highest BCUT2D eigenvalue weighted by molar-refractivity contribution is 5.82. The monoisotopic (exact) mass is 232 g/mol. The standard InChI is InChI=1S/C14H20N2O/c1-14(2)8-12(16-10-14)13(17)15-9-11-6-4-3-5-7-11/h3-7,12,16H,8-10H2,1-2H3,(H,15,17). The van der Waals surface area contributed by atoms with Gasteiger partial charge in [-0.3, -0.25) is 4.79 Å². The van der Waals surface area contributed by atoms with E-state index in [2.05, 4.69) is 24.5 Å².